The first-order chi connectivity index (χ1) is 25.1. The standard InChI is InChI=1S/C27H27OP.C18H13BO3/c1-2-28-27-21-13-12-14-23(27)22-29(24-15-6-3-7-16-24,25-17-8-4-9-18-25)26-19-10-5-11-20-26;20-19(21)22-17-7-3-6-12-8-9-15-10-13-4-1-2-5-14(13)11-16(15)18(12)17/h3-21,29H,2,22H2,1H3;1-11,20-21H. The summed E-state index contributed by atoms with van der Waals surface area (Å²) < 4.78 is 11.2. The predicted molar refractivity (Wildman–Crippen MR) is 218 cm³/mol. The van der Waals surface area contributed by atoms with Gasteiger partial charge in [-0.2, -0.15) is 0 Å². The molecule has 8 aromatic rings. The number of hydrogen-bond acceptors (Lipinski definition) is 4. The fourth-order valence-corrected chi connectivity index (χ4v) is 11.9. The maximum absolute atomic E-state index is 9.14. The van der Waals surface area contributed by atoms with Gasteiger partial charge in [0.25, 0.3) is 0 Å². The molecule has 0 aliphatic heterocycles. The van der Waals surface area contributed by atoms with E-state index in [-0.39, 0.29) is 0 Å². The minimum Gasteiger partial charge on any atom is -0.511 e. The Hall–Kier alpha value is -5.45. The fourth-order valence-electron chi connectivity index (χ4n) is 7.18. The third-order valence-corrected chi connectivity index (χ3v) is 14.3. The largest absolute Gasteiger partial charge is 0.707 e. The number of ether oxygens (including phenoxy) is 1. The molecule has 0 amide bonds. The molecule has 0 unspecified atom stereocenters. The van der Waals surface area contributed by atoms with Crippen molar-refractivity contribution in [2.45, 2.75) is 13.1 Å². The van der Waals surface area contributed by atoms with Gasteiger partial charge in [0.05, 0.1) is 0 Å². The molecule has 2 N–H and O–H groups in total. The second-order valence-electron chi connectivity index (χ2n) is 12.5. The fraction of sp³-hybridized carbons (Fsp3) is 0.0667. The van der Waals surface area contributed by atoms with Crippen molar-refractivity contribution >= 4 is 62.8 Å². The summed E-state index contributed by atoms with van der Waals surface area (Å²) in [4.78, 5) is 0. The van der Waals surface area contributed by atoms with E-state index in [0.29, 0.717) is 12.4 Å². The quantitative estimate of drug-likeness (QED) is 0.0690. The second kappa shape index (κ2) is 15.6. The van der Waals surface area contributed by atoms with E-state index < -0.39 is 14.6 Å². The van der Waals surface area contributed by atoms with E-state index in [9.17, 15) is 0 Å². The molecule has 0 atom stereocenters. The van der Waals surface area contributed by atoms with Crippen LogP contribution in [0.25, 0.3) is 32.3 Å². The maximum atomic E-state index is 9.14. The van der Waals surface area contributed by atoms with Crippen LogP contribution in [0, 0.1) is 0 Å². The molecule has 0 aromatic heterocycles. The first kappa shape index (κ1) is 34.0. The van der Waals surface area contributed by atoms with Crippen molar-refractivity contribution in [2.75, 3.05) is 6.61 Å². The third kappa shape index (κ3) is 7.24. The molecule has 252 valence electrons. The van der Waals surface area contributed by atoms with Gasteiger partial charge in [0.15, 0.2) is 0 Å². The van der Waals surface area contributed by atoms with Crippen LogP contribution in [0.1, 0.15) is 12.5 Å². The topological polar surface area (TPSA) is 58.9 Å². The summed E-state index contributed by atoms with van der Waals surface area (Å²) in [5.74, 6) is 1.46. The Kier molecular flexibility index (Phi) is 10.4. The molecule has 0 aliphatic rings. The van der Waals surface area contributed by atoms with Crippen molar-refractivity contribution in [1.82, 2.24) is 0 Å². The summed E-state index contributed by atoms with van der Waals surface area (Å²) in [6.45, 7) is 2.72. The molecule has 0 saturated carbocycles. The summed E-state index contributed by atoms with van der Waals surface area (Å²) in [6, 6.07) is 63.7. The van der Waals surface area contributed by atoms with E-state index >= 15 is 0 Å². The van der Waals surface area contributed by atoms with E-state index in [1.54, 1.807) is 6.07 Å². The number of fused-ring (bicyclic) bond motifs is 4. The molecule has 0 radical (unpaired) electrons. The SMILES string of the molecule is CCOc1ccccc1C[PH](c1ccccc1)(c1ccccc1)c1ccccc1.OB(O)Oc1cccc2ccc3cc4ccccc4cc3c12. The molecule has 51 heavy (non-hydrogen) atoms. The molecule has 0 bridgehead atoms. The van der Waals surface area contributed by atoms with Gasteiger partial charge in [0.1, 0.15) is 5.75 Å². The van der Waals surface area contributed by atoms with Crippen molar-refractivity contribution in [3.8, 4) is 11.5 Å². The smallest absolute Gasteiger partial charge is 0.511 e. The van der Waals surface area contributed by atoms with Gasteiger partial charge in [0.2, 0.25) is 0 Å². The van der Waals surface area contributed by atoms with Crippen LogP contribution in [0.5, 0.6) is 11.5 Å². The normalized spacial score (nSPS) is 11.5. The van der Waals surface area contributed by atoms with E-state index in [0.717, 1.165) is 38.8 Å². The molecule has 0 saturated heterocycles. The maximum Gasteiger partial charge on any atom is 0.707 e. The van der Waals surface area contributed by atoms with E-state index in [1.807, 2.05) is 37.3 Å². The molecule has 0 fully saturated rings. The molecule has 8 aromatic carbocycles. The van der Waals surface area contributed by atoms with Crippen LogP contribution in [-0.2, 0) is 6.16 Å². The average molecular weight is 687 g/mol. The minimum atomic E-state index is -2.31. The summed E-state index contributed by atoms with van der Waals surface area (Å²) in [7, 11) is -4.14. The first-order valence-corrected chi connectivity index (χ1v) is 19.5. The van der Waals surface area contributed by atoms with Crippen LogP contribution in [0.4, 0.5) is 0 Å². The Bertz CT molecular complexity index is 2270. The van der Waals surface area contributed by atoms with Gasteiger partial charge < -0.3 is 14.7 Å². The van der Waals surface area contributed by atoms with Gasteiger partial charge in [-0.15, -0.1) is 0 Å². The Labute approximate surface area is 300 Å². The molecule has 0 heterocycles. The predicted octanol–water partition coefficient (Wildman–Crippen LogP) is 8.81. The van der Waals surface area contributed by atoms with Crippen LogP contribution in [0.3, 0.4) is 0 Å². The number of para-hydroxylation sites is 1. The molecule has 0 spiro atoms. The summed E-state index contributed by atoms with van der Waals surface area (Å²) in [5.41, 5.74) is 1.28. The first-order valence-electron chi connectivity index (χ1n) is 17.3. The van der Waals surface area contributed by atoms with E-state index in [4.69, 9.17) is 19.4 Å². The van der Waals surface area contributed by atoms with Crippen molar-refractivity contribution in [3.63, 3.8) is 0 Å². The number of hydrogen-bond donors (Lipinski definition) is 2. The minimum absolute atomic E-state index is 0.466. The average Bonchev–Trinajstić information content (AvgIpc) is 3.18. The summed E-state index contributed by atoms with van der Waals surface area (Å²) in [5, 5.41) is 28.9. The van der Waals surface area contributed by atoms with Gasteiger partial charge in [-0.05, 0) is 45.1 Å². The van der Waals surface area contributed by atoms with Gasteiger partial charge in [0, 0.05) is 5.39 Å². The molecular weight excluding hydrogens is 646 g/mol. The van der Waals surface area contributed by atoms with Crippen LogP contribution in [-0.4, -0.2) is 24.0 Å². The zero-order valence-electron chi connectivity index (χ0n) is 28.5. The van der Waals surface area contributed by atoms with Crippen LogP contribution < -0.4 is 25.3 Å². The second-order valence-corrected chi connectivity index (χ2v) is 16.4. The number of rotatable bonds is 9. The zero-order valence-corrected chi connectivity index (χ0v) is 29.5. The van der Waals surface area contributed by atoms with E-state index in [1.165, 1.54) is 26.9 Å². The summed E-state index contributed by atoms with van der Waals surface area (Å²) >= 11 is 0. The van der Waals surface area contributed by atoms with Crippen LogP contribution in [0.2, 0.25) is 0 Å². The third-order valence-electron chi connectivity index (χ3n) is 9.45. The molecule has 4 nitrogen and oxygen atoms in total. The van der Waals surface area contributed by atoms with Crippen molar-refractivity contribution < 1.29 is 19.4 Å². The Morgan fingerprint density at radius 2 is 0.980 bits per heavy atom. The molecule has 0 aliphatic carbocycles. The molecule has 8 rings (SSSR count). The van der Waals surface area contributed by atoms with Crippen molar-refractivity contribution in [2.24, 2.45) is 0 Å². The molecular formula is C45H40BO4P. The Morgan fingerprint density at radius 1 is 0.490 bits per heavy atom. The van der Waals surface area contributed by atoms with Crippen molar-refractivity contribution in [3.05, 3.63) is 188 Å². The van der Waals surface area contributed by atoms with Gasteiger partial charge in [-0.1, -0.05) is 48.5 Å². The summed E-state index contributed by atoms with van der Waals surface area (Å²) in [6.07, 6.45) is 0.960. The zero-order chi connectivity index (χ0) is 35.0. The van der Waals surface area contributed by atoms with Gasteiger partial charge >= 0.3 is 182 Å². The van der Waals surface area contributed by atoms with E-state index in [2.05, 4.69) is 146 Å². The Morgan fingerprint density at radius 3 is 1.57 bits per heavy atom. The Balaban J connectivity index is 0.000000165. The van der Waals surface area contributed by atoms with Crippen molar-refractivity contribution in [1.29, 1.82) is 0 Å². The number of benzene rings is 8. The molecule has 6 heteroatoms. The monoisotopic (exact) mass is 686 g/mol. The van der Waals surface area contributed by atoms with Crippen LogP contribution >= 0.6 is 7.26 Å². The van der Waals surface area contributed by atoms with Gasteiger partial charge in [-0.25, -0.2) is 0 Å². The van der Waals surface area contributed by atoms with Crippen LogP contribution in [0.15, 0.2) is 182 Å². The van der Waals surface area contributed by atoms with Gasteiger partial charge in [-0.3, -0.25) is 0 Å².